The van der Waals surface area contributed by atoms with Gasteiger partial charge in [0, 0.05) is 18.0 Å². The number of anilines is 1. The molecule has 2 heterocycles. The number of carbonyl (C=O) groups excluding carboxylic acids is 1. The summed E-state index contributed by atoms with van der Waals surface area (Å²) >= 11 is 0. The van der Waals surface area contributed by atoms with Gasteiger partial charge in [-0.15, -0.1) is 0 Å². The first kappa shape index (κ1) is 21.4. The first-order valence-corrected chi connectivity index (χ1v) is 10.9. The summed E-state index contributed by atoms with van der Waals surface area (Å²) in [7, 11) is -3.56. The first-order chi connectivity index (χ1) is 15.3. The minimum absolute atomic E-state index is 0.233. The maximum atomic E-state index is 13.1. The minimum Gasteiger partial charge on any atom is -0.495 e. The standard InChI is InChI=1S/C22H17F2N3O4S/c1-31-18-10-9-14(17-13-27-11-5-4-8-20(27)25-17)12-16(18)26-21(28)15-6-2-3-7-19(15)32(29,30)22(23)24/h2-13,22H,1H3,(H,26,28). The van der Waals surface area contributed by atoms with Crippen molar-refractivity contribution < 1.29 is 26.7 Å². The lowest BCUT2D eigenvalue weighted by molar-refractivity contribution is 0.102. The zero-order valence-corrected chi connectivity index (χ0v) is 17.5. The van der Waals surface area contributed by atoms with E-state index in [1.54, 1.807) is 18.2 Å². The molecule has 10 heteroatoms. The average Bonchev–Trinajstić information content (AvgIpc) is 3.23. The highest BCUT2D eigenvalue weighted by molar-refractivity contribution is 7.91. The van der Waals surface area contributed by atoms with Gasteiger partial charge in [0.2, 0.25) is 9.84 Å². The van der Waals surface area contributed by atoms with Gasteiger partial charge >= 0.3 is 5.76 Å². The average molecular weight is 457 g/mol. The van der Waals surface area contributed by atoms with E-state index in [0.717, 1.165) is 11.7 Å². The van der Waals surface area contributed by atoms with Crippen LogP contribution in [0.4, 0.5) is 14.5 Å². The van der Waals surface area contributed by atoms with Crippen LogP contribution in [0.2, 0.25) is 0 Å². The van der Waals surface area contributed by atoms with Crippen LogP contribution in [0.15, 0.2) is 78.0 Å². The van der Waals surface area contributed by atoms with Crippen LogP contribution in [-0.2, 0) is 9.84 Å². The Balaban J connectivity index is 1.72. The number of hydrogen-bond acceptors (Lipinski definition) is 5. The normalized spacial score (nSPS) is 11.6. The molecule has 1 amide bonds. The van der Waals surface area contributed by atoms with Crippen LogP contribution in [-0.4, -0.2) is 36.6 Å². The fraction of sp³-hybridized carbons (Fsp3) is 0.0909. The fourth-order valence-corrected chi connectivity index (χ4v) is 4.15. The summed E-state index contributed by atoms with van der Waals surface area (Å²) in [5.41, 5.74) is 1.87. The second kappa shape index (κ2) is 8.39. The molecule has 0 saturated heterocycles. The minimum atomic E-state index is -4.96. The number of nitrogens with one attached hydrogen (secondary N) is 1. The molecule has 0 saturated carbocycles. The predicted octanol–water partition coefficient (Wildman–Crippen LogP) is 4.26. The Hall–Kier alpha value is -3.79. The van der Waals surface area contributed by atoms with E-state index >= 15 is 0 Å². The number of nitrogens with zero attached hydrogens (tertiary/aromatic N) is 2. The molecule has 4 aromatic rings. The number of pyridine rings is 1. The lowest BCUT2D eigenvalue weighted by atomic mass is 10.1. The number of halogens is 2. The van der Waals surface area contributed by atoms with Crippen molar-refractivity contribution in [3.05, 3.63) is 78.6 Å². The summed E-state index contributed by atoms with van der Waals surface area (Å²) < 4.78 is 57.2. The number of rotatable bonds is 6. The maximum absolute atomic E-state index is 13.1. The SMILES string of the molecule is COc1ccc(-c2cn3ccccc3n2)cc1NC(=O)c1ccccc1S(=O)(=O)C(F)F. The van der Waals surface area contributed by atoms with Gasteiger partial charge in [-0.2, -0.15) is 8.78 Å². The van der Waals surface area contributed by atoms with E-state index in [9.17, 15) is 22.0 Å². The Morgan fingerprint density at radius 2 is 1.84 bits per heavy atom. The highest BCUT2D eigenvalue weighted by atomic mass is 32.2. The topological polar surface area (TPSA) is 89.8 Å². The fourth-order valence-electron chi connectivity index (χ4n) is 3.23. The molecular formula is C22H17F2N3O4S. The van der Waals surface area contributed by atoms with E-state index in [0.29, 0.717) is 17.0 Å². The van der Waals surface area contributed by atoms with E-state index in [-0.39, 0.29) is 5.69 Å². The molecule has 0 aliphatic rings. The molecule has 164 valence electrons. The zero-order valence-electron chi connectivity index (χ0n) is 16.7. The number of amides is 1. The molecule has 2 aromatic carbocycles. The number of aromatic nitrogens is 2. The van der Waals surface area contributed by atoms with Gasteiger partial charge in [0.25, 0.3) is 5.91 Å². The van der Waals surface area contributed by atoms with Crippen molar-refractivity contribution in [2.24, 2.45) is 0 Å². The quantitative estimate of drug-likeness (QED) is 0.467. The summed E-state index contributed by atoms with van der Waals surface area (Å²) in [6.07, 6.45) is 3.66. The molecule has 0 spiro atoms. The van der Waals surface area contributed by atoms with E-state index in [2.05, 4.69) is 10.3 Å². The summed E-state index contributed by atoms with van der Waals surface area (Å²) in [6, 6.07) is 15.4. The van der Waals surface area contributed by atoms with Crippen molar-refractivity contribution in [1.82, 2.24) is 9.38 Å². The molecule has 1 N–H and O–H groups in total. The van der Waals surface area contributed by atoms with Gasteiger partial charge in [0.1, 0.15) is 11.4 Å². The van der Waals surface area contributed by atoms with Crippen molar-refractivity contribution >= 4 is 27.1 Å². The highest BCUT2D eigenvalue weighted by Gasteiger charge is 2.31. The van der Waals surface area contributed by atoms with Crippen LogP contribution in [0.1, 0.15) is 10.4 Å². The van der Waals surface area contributed by atoms with Crippen LogP contribution in [0.25, 0.3) is 16.9 Å². The van der Waals surface area contributed by atoms with Crippen LogP contribution >= 0.6 is 0 Å². The van der Waals surface area contributed by atoms with E-state index in [1.165, 1.54) is 25.3 Å². The smallest absolute Gasteiger partial charge is 0.341 e. The van der Waals surface area contributed by atoms with Gasteiger partial charge in [-0.05, 0) is 42.5 Å². The van der Waals surface area contributed by atoms with Crippen molar-refractivity contribution in [2.45, 2.75) is 10.7 Å². The second-order valence-electron chi connectivity index (χ2n) is 6.76. The van der Waals surface area contributed by atoms with Gasteiger partial charge in [0.05, 0.1) is 29.0 Å². The Bertz CT molecular complexity index is 1380. The Morgan fingerprint density at radius 1 is 1.09 bits per heavy atom. The van der Waals surface area contributed by atoms with Gasteiger partial charge in [0.15, 0.2) is 0 Å². The summed E-state index contributed by atoms with van der Waals surface area (Å²) in [5.74, 6) is -4.21. The molecule has 0 radical (unpaired) electrons. The number of imidazole rings is 1. The van der Waals surface area contributed by atoms with Gasteiger partial charge < -0.3 is 14.5 Å². The third-order valence-corrected chi connectivity index (χ3v) is 6.22. The number of ether oxygens (including phenoxy) is 1. The third kappa shape index (κ3) is 3.92. The van der Waals surface area contributed by atoms with Crippen LogP contribution < -0.4 is 10.1 Å². The van der Waals surface area contributed by atoms with E-state index in [1.807, 2.05) is 35.0 Å². The summed E-state index contributed by atoms with van der Waals surface area (Å²) in [5, 5.41) is 2.57. The molecule has 0 aliphatic heterocycles. The lowest BCUT2D eigenvalue weighted by Gasteiger charge is -2.13. The zero-order chi connectivity index (χ0) is 22.9. The first-order valence-electron chi connectivity index (χ1n) is 9.36. The summed E-state index contributed by atoms with van der Waals surface area (Å²) in [6.45, 7) is 0. The van der Waals surface area contributed by atoms with E-state index < -0.39 is 32.0 Å². The van der Waals surface area contributed by atoms with Crippen molar-refractivity contribution in [2.75, 3.05) is 12.4 Å². The molecule has 2 aromatic heterocycles. The molecule has 0 aliphatic carbocycles. The Kier molecular flexibility index (Phi) is 5.62. The van der Waals surface area contributed by atoms with Crippen LogP contribution in [0.5, 0.6) is 5.75 Å². The molecule has 0 unspecified atom stereocenters. The number of fused-ring (bicyclic) bond motifs is 1. The van der Waals surface area contributed by atoms with Gasteiger partial charge in [-0.3, -0.25) is 4.79 Å². The number of sulfone groups is 1. The number of benzene rings is 2. The highest BCUT2D eigenvalue weighted by Crippen LogP contribution is 2.31. The van der Waals surface area contributed by atoms with Crippen LogP contribution in [0, 0.1) is 0 Å². The van der Waals surface area contributed by atoms with Gasteiger partial charge in [-0.25, -0.2) is 13.4 Å². The van der Waals surface area contributed by atoms with Crippen LogP contribution in [0.3, 0.4) is 0 Å². The molecule has 32 heavy (non-hydrogen) atoms. The Labute approximate surface area is 182 Å². The van der Waals surface area contributed by atoms with E-state index in [4.69, 9.17) is 4.74 Å². The lowest BCUT2D eigenvalue weighted by Crippen LogP contribution is -2.20. The summed E-state index contributed by atoms with van der Waals surface area (Å²) in [4.78, 5) is 16.6. The number of hydrogen-bond donors (Lipinski definition) is 1. The molecule has 0 atom stereocenters. The monoisotopic (exact) mass is 457 g/mol. The molecular weight excluding hydrogens is 440 g/mol. The largest absolute Gasteiger partial charge is 0.495 e. The second-order valence-corrected chi connectivity index (χ2v) is 8.65. The van der Waals surface area contributed by atoms with Crippen molar-refractivity contribution in [3.8, 4) is 17.0 Å². The number of carbonyl (C=O) groups is 1. The molecule has 4 rings (SSSR count). The molecule has 0 bridgehead atoms. The maximum Gasteiger partial charge on any atom is 0.341 e. The molecule has 7 nitrogen and oxygen atoms in total. The third-order valence-electron chi connectivity index (χ3n) is 4.78. The Morgan fingerprint density at radius 3 is 2.56 bits per heavy atom. The van der Waals surface area contributed by atoms with Crippen molar-refractivity contribution in [1.29, 1.82) is 0 Å². The number of methoxy groups -OCH3 is 1. The number of alkyl halides is 2. The predicted molar refractivity (Wildman–Crippen MR) is 115 cm³/mol. The molecule has 0 fully saturated rings. The van der Waals surface area contributed by atoms with Crippen molar-refractivity contribution in [3.63, 3.8) is 0 Å². The van der Waals surface area contributed by atoms with Gasteiger partial charge in [-0.1, -0.05) is 18.2 Å².